The van der Waals surface area contributed by atoms with Gasteiger partial charge in [-0.1, -0.05) is 78.1 Å². The second-order valence-corrected chi connectivity index (χ2v) is 7.12. The predicted octanol–water partition coefficient (Wildman–Crippen LogP) is 5.79. The quantitative estimate of drug-likeness (QED) is 0.183. The van der Waals surface area contributed by atoms with Crippen LogP contribution in [0.25, 0.3) is 0 Å². The van der Waals surface area contributed by atoms with Gasteiger partial charge in [0.25, 0.3) is 0 Å². The maximum atomic E-state index is 11.7. The van der Waals surface area contributed by atoms with Crippen LogP contribution in [0.15, 0.2) is 0 Å². The molecule has 0 aliphatic heterocycles. The molecule has 0 saturated carbocycles. The van der Waals surface area contributed by atoms with Crippen molar-refractivity contribution in [2.75, 3.05) is 13.2 Å². The molecule has 25 heavy (non-hydrogen) atoms. The molecule has 0 aromatic rings. The maximum Gasteiger partial charge on any atom is 0.324 e. The lowest BCUT2D eigenvalue weighted by molar-refractivity contribution is -0.150. The van der Waals surface area contributed by atoms with E-state index in [1.54, 1.807) is 0 Å². The lowest BCUT2D eigenvalue weighted by Crippen LogP contribution is -2.23. The zero-order valence-corrected chi connectivity index (χ0v) is 17.0. The minimum atomic E-state index is -0.947. The molecule has 0 radical (unpaired) electrons. The van der Waals surface area contributed by atoms with Crippen molar-refractivity contribution in [3.05, 3.63) is 0 Å². The Morgan fingerprint density at radius 3 is 1.68 bits per heavy atom. The van der Waals surface area contributed by atoms with Crippen molar-refractivity contribution in [3.8, 4) is 0 Å². The highest BCUT2D eigenvalue weighted by atomic mass is 35.5. The van der Waals surface area contributed by atoms with Crippen molar-refractivity contribution in [2.24, 2.45) is 0 Å². The minimum Gasteiger partial charge on any atom is -0.466 e. The molecule has 0 aromatic carbocycles. The van der Waals surface area contributed by atoms with Crippen molar-refractivity contribution in [1.82, 2.24) is 0 Å². The van der Waals surface area contributed by atoms with Crippen LogP contribution in [0.2, 0.25) is 0 Å². The fourth-order valence-corrected chi connectivity index (χ4v) is 2.69. The molecule has 1 atom stereocenters. The monoisotopic (exact) mass is 376 g/mol. The van der Waals surface area contributed by atoms with E-state index < -0.39 is 17.3 Å². The first-order valence-corrected chi connectivity index (χ1v) is 10.5. The fourth-order valence-electron chi connectivity index (χ4n) is 2.50. The number of hydrogen-bond donors (Lipinski definition) is 0. The summed E-state index contributed by atoms with van der Waals surface area (Å²) < 4.78 is 10.2. The highest BCUT2D eigenvalue weighted by molar-refractivity contribution is 6.30. The molecule has 0 heterocycles. The van der Waals surface area contributed by atoms with E-state index in [9.17, 15) is 9.59 Å². The van der Waals surface area contributed by atoms with E-state index in [4.69, 9.17) is 21.1 Å². The molecular formula is C20H37ClO4. The standard InChI is InChI=1S/C20H37ClO4/c1-3-5-7-9-11-13-15-24-19(22)17-18(21)20(23)25-16-14-12-10-8-6-4-2/h18H,3-17H2,1-2H3. The normalized spacial score (nSPS) is 12.0. The average molecular weight is 377 g/mol. The van der Waals surface area contributed by atoms with Crippen LogP contribution in [0.4, 0.5) is 0 Å². The third-order valence-corrected chi connectivity index (χ3v) is 4.44. The Morgan fingerprint density at radius 2 is 1.16 bits per heavy atom. The Kier molecular flexibility index (Phi) is 17.5. The summed E-state index contributed by atoms with van der Waals surface area (Å²) in [6.45, 7) is 5.15. The van der Waals surface area contributed by atoms with Gasteiger partial charge in [-0.3, -0.25) is 9.59 Å². The molecule has 0 fully saturated rings. The first-order valence-electron chi connectivity index (χ1n) is 10.1. The van der Waals surface area contributed by atoms with Crippen LogP contribution >= 0.6 is 11.6 Å². The third kappa shape index (κ3) is 16.4. The molecule has 0 N–H and O–H groups in total. The highest BCUT2D eigenvalue weighted by Gasteiger charge is 2.21. The molecule has 0 aliphatic rings. The van der Waals surface area contributed by atoms with Gasteiger partial charge in [-0.2, -0.15) is 0 Å². The van der Waals surface area contributed by atoms with Gasteiger partial charge in [0, 0.05) is 0 Å². The Labute approximate surface area is 159 Å². The summed E-state index contributed by atoms with van der Waals surface area (Å²) in [4.78, 5) is 23.4. The summed E-state index contributed by atoms with van der Waals surface area (Å²) >= 11 is 5.93. The molecular weight excluding hydrogens is 340 g/mol. The second-order valence-electron chi connectivity index (χ2n) is 6.60. The van der Waals surface area contributed by atoms with Crippen LogP contribution in [0.1, 0.15) is 97.3 Å². The highest BCUT2D eigenvalue weighted by Crippen LogP contribution is 2.10. The Hall–Kier alpha value is -0.770. The number of alkyl halides is 1. The van der Waals surface area contributed by atoms with E-state index >= 15 is 0 Å². The van der Waals surface area contributed by atoms with Gasteiger partial charge in [-0.05, 0) is 12.8 Å². The lowest BCUT2D eigenvalue weighted by atomic mass is 10.1. The van der Waals surface area contributed by atoms with E-state index in [2.05, 4.69) is 13.8 Å². The summed E-state index contributed by atoms with van der Waals surface area (Å²) in [5, 5.41) is -0.947. The zero-order valence-electron chi connectivity index (χ0n) is 16.2. The molecule has 0 rings (SSSR count). The molecule has 148 valence electrons. The number of halogens is 1. The van der Waals surface area contributed by atoms with Crippen molar-refractivity contribution < 1.29 is 19.1 Å². The number of esters is 2. The van der Waals surface area contributed by atoms with E-state index in [0.717, 1.165) is 25.7 Å². The van der Waals surface area contributed by atoms with Crippen LogP contribution in [0, 0.1) is 0 Å². The lowest BCUT2D eigenvalue weighted by Gasteiger charge is -2.10. The largest absolute Gasteiger partial charge is 0.466 e. The molecule has 0 bridgehead atoms. The van der Waals surface area contributed by atoms with Gasteiger partial charge in [-0.25, -0.2) is 0 Å². The number of ether oxygens (including phenoxy) is 2. The van der Waals surface area contributed by atoms with E-state index in [1.807, 2.05) is 0 Å². The number of hydrogen-bond acceptors (Lipinski definition) is 4. The molecule has 4 nitrogen and oxygen atoms in total. The third-order valence-electron chi connectivity index (χ3n) is 4.10. The Bertz CT molecular complexity index is 334. The summed E-state index contributed by atoms with van der Waals surface area (Å²) in [6.07, 6.45) is 13.5. The number of rotatable bonds is 17. The van der Waals surface area contributed by atoms with Gasteiger partial charge in [-0.15, -0.1) is 11.6 Å². The van der Waals surface area contributed by atoms with Crippen LogP contribution in [0.5, 0.6) is 0 Å². The van der Waals surface area contributed by atoms with Crippen molar-refractivity contribution in [2.45, 2.75) is 103 Å². The predicted molar refractivity (Wildman–Crippen MR) is 103 cm³/mol. The maximum absolute atomic E-state index is 11.7. The molecule has 0 aliphatic carbocycles. The van der Waals surface area contributed by atoms with Crippen LogP contribution in [0.3, 0.4) is 0 Å². The van der Waals surface area contributed by atoms with Gasteiger partial charge in [0.05, 0.1) is 19.6 Å². The summed E-state index contributed by atoms with van der Waals surface area (Å²) in [7, 11) is 0. The fraction of sp³-hybridized carbons (Fsp3) is 0.900. The Balaban J connectivity index is 3.56. The van der Waals surface area contributed by atoms with Gasteiger partial charge >= 0.3 is 11.9 Å². The van der Waals surface area contributed by atoms with Gasteiger partial charge in [0.2, 0.25) is 0 Å². The SMILES string of the molecule is CCCCCCCCOC(=O)CC(Cl)C(=O)OCCCCCCCC. The molecule has 0 amide bonds. The number of carbonyl (C=O) groups is 2. The van der Waals surface area contributed by atoms with Crippen molar-refractivity contribution >= 4 is 23.5 Å². The van der Waals surface area contributed by atoms with Crippen LogP contribution in [-0.2, 0) is 19.1 Å². The van der Waals surface area contributed by atoms with Crippen molar-refractivity contribution in [1.29, 1.82) is 0 Å². The molecule has 0 aromatic heterocycles. The summed E-state index contributed by atoms with van der Waals surface area (Å²) in [5.74, 6) is -0.947. The second kappa shape index (κ2) is 18.0. The van der Waals surface area contributed by atoms with Crippen LogP contribution in [-0.4, -0.2) is 30.5 Å². The van der Waals surface area contributed by atoms with E-state index in [0.29, 0.717) is 13.2 Å². The number of carbonyl (C=O) groups excluding carboxylic acids is 2. The van der Waals surface area contributed by atoms with Gasteiger partial charge < -0.3 is 9.47 Å². The van der Waals surface area contributed by atoms with E-state index in [-0.39, 0.29) is 6.42 Å². The molecule has 0 spiro atoms. The smallest absolute Gasteiger partial charge is 0.324 e. The van der Waals surface area contributed by atoms with Crippen LogP contribution < -0.4 is 0 Å². The summed E-state index contributed by atoms with van der Waals surface area (Å²) in [5.41, 5.74) is 0. The van der Waals surface area contributed by atoms with E-state index in [1.165, 1.54) is 51.4 Å². The molecule has 5 heteroatoms. The molecule has 1 unspecified atom stereocenters. The minimum absolute atomic E-state index is 0.118. The zero-order chi connectivity index (χ0) is 18.8. The Morgan fingerprint density at radius 1 is 0.720 bits per heavy atom. The van der Waals surface area contributed by atoms with Crippen molar-refractivity contribution in [3.63, 3.8) is 0 Å². The summed E-state index contributed by atoms with van der Waals surface area (Å²) in [6, 6.07) is 0. The number of unbranched alkanes of at least 4 members (excludes halogenated alkanes) is 10. The molecule has 0 saturated heterocycles. The first kappa shape index (κ1) is 24.2. The topological polar surface area (TPSA) is 52.6 Å². The first-order chi connectivity index (χ1) is 12.1. The van der Waals surface area contributed by atoms with Gasteiger partial charge in [0.1, 0.15) is 5.38 Å². The average Bonchev–Trinajstić information content (AvgIpc) is 2.59. The van der Waals surface area contributed by atoms with Gasteiger partial charge in [0.15, 0.2) is 0 Å².